The zero-order valence-corrected chi connectivity index (χ0v) is 13.2. The van der Waals surface area contributed by atoms with E-state index >= 15 is 0 Å². The van der Waals surface area contributed by atoms with Gasteiger partial charge in [0.05, 0.1) is 25.6 Å². The summed E-state index contributed by atoms with van der Waals surface area (Å²) < 4.78 is 10.2. The zero-order chi connectivity index (χ0) is 16.4. The number of ether oxygens (including phenoxy) is 2. The van der Waals surface area contributed by atoms with Gasteiger partial charge >= 0.3 is 5.97 Å². The molecule has 0 atom stereocenters. The number of esters is 1. The highest BCUT2D eigenvalue weighted by molar-refractivity contribution is 6.04. The van der Waals surface area contributed by atoms with Gasteiger partial charge in [-0.2, -0.15) is 0 Å². The maximum absolute atomic E-state index is 12.1. The van der Waals surface area contributed by atoms with Crippen LogP contribution >= 0.6 is 0 Å². The van der Waals surface area contributed by atoms with E-state index in [4.69, 9.17) is 9.47 Å². The molecule has 0 saturated carbocycles. The van der Waals surface area contributed by atoms with Crippen LogP contribution in [-0.4, -0.2) is 30.2 Å². The van der Waals surface area contributed by atoms with Crippen LogP contribution in [0.4, 0.5) is 0 Å². The summed E-state index contributed by atoms with van der Waals surface area (Å²) in [7, 11) is 2.84. The molecule has 0 spiro atoms. The van der Waals surface area contributed by atoms with Gasteiger partial charge in [0.15, 0.2) is 11.4 Å². The Balaban J connectivity index is 2.37. The fraction of sp³-hybridized carbons (Fsp3) is 0.167. The minimum Gasteiger partial charge on any atom is -0.494 e. The average molecular weight is 308 g/mol. The van der Waals surface area contributed by atoms with Gasteiger partial charge in [-0.3, -0.25) is 4.98 Å². The van der Waals surface area contributed by atoms with Crippen LogP contribution in [0.2, 0.25) is 0 Å². The van der Waals surface area contributed by atoms with Crippen molar-refractivity contribution < 1.29 is 14.3 Å². The van der Waals surface area contributed by atoms with Gasteiger partial charge in [0.1, 0.15) is 0 Å². The monoisotopic (exact) mass is 308 g/mol. The number of carbonyl (C=O) groups excluding carboxylic acids is 1. The number of aryl methyl sites for hydroxylation is 1. The van der Waals surface area contributed by atoms with Crippen molar-refractivity contribution in [2.45, 2.75) is 6.92 Å². The average Bonchev–Trinajstić information content (AvgIpc) is 2.60. The largest absolute Gasteiger partial charge is 0.494 e. The molecule has 0 aliphatic heterocycles. The van der Waals surface area contributed by atoms with Crippen molar-refractivity contribution in [2.24, 2.45) is 0 Å². The molecule has 2 heterocycles. The van der Waals surface area contributed by atoms with Gasteiger partial charge in [0, 0.05) is 17.0 Å². The highest BCUT2D eigenvalue weighted by Crippen LogP contribution is 2.34. The molecular formula is C18H16N2O3. The van der Waals surface area contributed by atoms with E-state index in [1.54, 1.807) is 6.20 Å². The second kappa shape index (κ2) is 6.04. The Morgan fingerprint density at radius 1 is 1.04 bits per heavy atom. The van der Waals surface area contributed by atoms with Crippen molar-refractivity contribution in [2.75, 3.05) is 14.2 Å². The van der Waals surface area contributed by atoms with E-state index in [0.29, 0.717) is 17.1 Å². The fourth-order valence-electron chi connectivity index (χ4n) is 2.48. The maximum Gasteiger partial charge on any atom is 0.360 e. The van der Waals surface area contributed by atoms with E-state index in [-0.39, 0.29) is 5.69 Å². The summed E-state index contributed by atoms with van der Waals surface area (Å²) in [6.45, 7) is 1.97. The number of pyridine rings is 2. The summed E-state index contributed by atoms with van der Waals surface area (Å²) in [4.78, 5) is 21.0. The summed E-state index contributed by atoms with van der Waals surface area (Å²) in [5.41, 5.74) is 2.52. The van der Waals surface area contributed by atoms with Crippen molar-refractivity contribution in [3.05, 3.63) is 53.9 Å². The number of fused-ring (bicyclic) bond motifs is 1. The normalized spacial score (nSPS) is 10.6. The van der Waals surface area contributed by atoms with Gasteiger partial charge < -0.3 is 9.47 Å². The van der Waals surface area contributed by atoms with Gasteiger partial charge in [0.2, 0.25) is 0 Å². The molecule has 0 aliphatic rings. The molecular weight excluding hydrogens is 292 g/mol. The van der Waals surface area contributed by atoms with E-state index in [2.05, 4.69) is 9.97 Å². The predicted molar refractivity (Wildman–Crippen MR) is 87.6 cm³/mol. The van der Waals surface area contributed by atoms with Gasteiger partial charge in [-0.15, -0.1) is 0 Å². The van der Waals surface area contributed by atoms with Crippen LogP contribution in [0.1, 0.15) is 16.1 Å². The van der Waals surface area contributed by atoms with Gasteiger partial charge in [-0.05, 0) is 18.6 Å². The Kier molecular flexibility index (Phi) is 3.93. The van der Waals surface area contributed by atoms with E-state index in [1.807, 2.05) is 43.3 Å². The van der Waals surface area contributed by atoms with Gasteiger partial charge in [-0.1, -0.05) is 30.3 Å². The lowest BCUT2D eigenvalue weighted by atomic mass is 10.0. The first-order valence-corrected chi connectivity index (χ1v) is 7.13. The van der Waals surface area contributed by atoms with Crippen molar-refractivity contribution in [3.8, 4) is 17.1 Å². The summed E-state index contributed by atoms with van der Waals surface area (Å²) >= 11 is 0. The molecule has 0 amide bonds. The lowest BCUT2D eigenvalue weighted by Gasteiger charge is -2.13. The summed E-state index contributed by atoms with van der Waals surface area (Å²) in [5.74, 6) is -0.135. The molecule has 116 valence electrons. The van der Waals surface area contributed by atoms with Crippen LogP contribution in [-0.2, 0) is 4.74 Å². The number of rotatable bonds is 3. The first kappa shape index (κ1) is 15.0. The quantitative estimate of drug-likeness (QED) is 0.694. The number of aromatic nitrogens is 2. The first-order valence-electron chi connectivity index (χ1n) is 7.13. The SMILES string of the molecule is COC(=O)c1nc(-c2ccc(C)cn2)c2ccccc2c1OC. The lowest BCUT2D eigenvalue weighted by Crippen LogP contribution is -2.09. The summed E-state index contributed by atoms with van der Waals surface area (Å²) in [6.07, 6.45) is 1.77. The molecule has 3 rings (SSSR count). The van der Waals surface area contributed by atoms with Crippen LogP contribution < -0.4 is 4.74 Å². The van der Waals surface area contributed by atoms with Crippen LogP contribution in [0.3, 0.4) is 0 Å². The molecule has 1 aromatic carbocycles. The molecule has 0 fully saturated rings. The number of nitrogens with zero attached hydrogens (tertiary/aromatic N) is 2. The van der Waals surface area contributed by atoms with Crippen LogP contribution in [0.5, 0.6) is 5.75 Å². The molecule has 2 aromatic heterocycles. The summed E-state index contributed by atoms with van der Waals surface area (Å²) in [6, 6.07) is 11.5. The van der Waals surface area contributed by atoms with Gasteiger partial charge in [0.25, 0.3) is 0 Å². The fourth-order valence-corrected chi connectivity index (χ4v) is 2.48. The molecule has 0 saturated heterocycles. The standard InChI is InChI=1S/C18H16N2O3/c1-11-8-9-14(19-10-11)15-12-6-4-5-7-13(12)17(22-2)16(20-15)18(21)23-3/h4-10H,1-3H3. The third-order valence-corrected chi connectivity index (χ3v) is 3.60. The zero-order valence-electron chi connectivity index (χ0n) is 13.2. The highest BCUT2D eigenvalue weighted by Gasteiger charge is 2.21. The van der Waals surface area contributed by atoms with Crippen LogP contribution in [0, 0.1) is 6.92 Å². The Labute approximate surface area is 133 Å². The number of benzene rings is 1. The van der Waals surface area contributed by atoms with Crippen LogP contribution in [0.25, 0.3) is 22.2 Å². The van der Waals surface area contributed by atoms with Crippen molar-refractivity contribution >= 4 is 16.7 Å². The number of methoxy groups -OCH3 is 2. The number of hydrogen-bond donors (Lipinski definition) is 0. The Bertz CT molecular complexity index is 873. The molecule has 5 nitrogen and oxygen atoms in total. The Morgan fingerprint density at radius 3 is 2.39 bits per heavy atom. The van der Waals surface area contributed by atoms with Gasteiger partial charge in [-0.25, -0.2) is 9.78 Å². The van der Waals surface area contributed by atoms with E-state index in [0.717, 1.165) is 16.3 Å². The van der Waals surface area contributed by atoms with E-state index in [9.17, 15) is 4.79 Å². The van der Waals surface area contributed by atoms with Crippen molar-refractivity contribution in [1.82, 2.24) is 9.97 Å². The number of carbonyl (C=O) groups is 1. The first-order chi connectivity index (χ1) is 11.2. The molecule has 0 unspecified atom stereocenters. The topological polar surface area (TPSA) is 61.3 Å². The second-order valence-corrected chi connectivity index (χ2v) is 5.10. The smallest absolute Gasteiger partial charge is 0.360 e. The molecule has 0 N–H and O–H groups in total. The minimum atomic E-state index is -0.541. The third-order valence-electron chi connectivity index (χ3n) is 3.60. The minimum absolute atomic E-state index is 0.145. The molecule has 5 heteroatoms. The molecule has 0 aliphatic carbocycles. The Hall–Kier alpha value is -2.95. The lowest BCUT2D eigenvalue weighted by molar-refractivity contribution is 0.0590. The van der Waals surface area contributed by atoms with Crippen molar-refractivity contribution in [3.63, 3.8) is 0 Å². The highest BCUT2D eigenvalue weighted by atomic mass is 16.5. The molecule has 3 aromatic rings. The Morgan fingerprint density at radius 2 is 1.78 bits per heavy atom. The molecule has 0 bridgehead atoms. The van der Waals surface area contributed by atoms with Crippen molar-refractivity contribution in [1.29, 1.82) is 0 Å². The second-order valence-electron chi connectivity index (χ2n) is 5.10. The molecule has 0 radical (unpaired) electrons. The summed E-state index contributed by atoms with van der Waals surface area (Å²) in [5, 5.41) is 1.66. The van der Waals surface area contributed by atoms with E-state index in [1.165, 1.54) is 14.2 Å². The predicted octanol–water partition coefficient (Wildman–Crippen LogP) is 3.40. The van der Waals surface area contributed by atoms with E-state index < -0.39 is 5.97 Å². The van der Waals surface area contributed by atoms with Crippen LogP contribution in [0.15, 0.2) is 42.6 Å². The maximum atomic E-state index is 12.1. The molecule has 23 heavy (non-hydrogen) atoms. The third kappa shape index (κ3) is 2.61. The number of hydrogen-bond acceptors (Lipinski definition) is 5.